The van der Waals surface area contributed by atoms with E-state index in [1.54, 1.807) is 7.11 Å². The Kier molecular flexibility index (Phi) is 7.13. The Balaban J connectivity index is 1.45. The number of amides is 2. The number of aryl methyl sites for hydroxylation is 2. The predicted octanol–water partition coefficient (Wildman–Crippen LogP) is 2.10. The Bertz CT molecular complexity index is 873. The third kappa shape index (κ3) is 5.96. The highest BCUT2D eigenvalue weighted by molar-refractivity contribution is 8.00. The number of hydrogen-bond acceptors (Lipinski definition) is 6. The first-order valence-corrected chi connectivity index (χ1v) is 10.4. The number of hydrogen-bond donors (Lipinski definition) is 4. The van der Waals surface area contributed by atoms with Crippen LogP contribution in [-0.2, 0) is 16.0 Å². The van der Waals surface area contributed by atoms with Crippen molar-refractivity contribution in [1.82, 2.24) is 16.2 Å². The number of anilines is 1. The number of hydrazine groups is 1. The second-order valence-electron chi connectivity index (χ2n) is 6.96. The fraction of sp³-hybridized carbons (Fsp3) is 0.333. The summed E-state index contributed by atoms with van der Waals surface area (Å²) in [7, 11) is 1.62. The van der Waals surface area contributed by atoms with Crippen LogP contribution in [0.15, 0.2) is 42.5 Å². The Morgan fingerprint density at radius 2 is 1.90 bits per heavy atom. The predicted molar refractivity (Wildman–Crippen MR) is 116 cm³/mol. The molecule has 2 atom stereocenters. The molecule has 7 nitrogen and oxygen atoms in total. The van der Waals surface area contributed by atoms with Crippen molar-refractivity contribution in [2.45, 2.75) is 31.8 Å². The van der Waals surface area contributed by atoms with E-state index in [-0.39, 0.29) is 29.1 Å². The second kappa shape index (κ2) is 9.78. The van der Waals surface area contributed by atoms with Crippen molar-refractivity contribution < 1.29 is 14.3 Å². The van der Waals surface area contributed by atoms with Crippen LogP contribution in [0.3, 0.4) is 0 Å². The summed E-state index contributed by atoms with van der Waals surface area (Å²) in [6, 6.07) is 13.2. The van der Waals surface area contributed by atoms with E-state index in [4.69, 9.17) is 4.74 Å². The topological polar surface area (TPSA) is 91.5 Å². The van der Waals surface area contributed by atoms with Gasteiger partial charge in [-0.25, -0.2) is 10.9 Å². The van der Waals surface area contributed by atoms with Gasteiger partial charge in [-0.3, -0.25) is 9.59 Å². The molecule has 154 valence electrons. The second-order valence-corrected chi connectivity index (χ2v) is 8.05. The fourth-order valence-corrected chi connectivity index (χ4v) is 3.69. The number of thioether (sulfide) groups is 1. The highest BCUT2D eigenvalue weighted by Gasteiger charge is 2.27. The SMILES string of the molecule is COc1ccc(CC2NNC(SCC(=O)Nc3cc(C)ccc3C)NC2=O)cc1. The molecule has 8 heteroatoms. The molecular formula is C21H26N4O3S. The first-order chi connectivity index (χ1) is 13.9. The lowest BCUT2D eigenvalue weighted by atomic mass is 10.1. The van der Waals surface area contributed by atoms with Crippen LogP contribution in [-0.4, -0.2) is 36.2 Å². The van der Waals surface area contributed by atoms with E-state index in [9.17, 15) is 9.59 Å². The number of carbonyl (C=O) groups excluding carboxylic acids is 2. The molecule has 0 aromatic heterocycles. The molecule has 29 heavy (non-hydrogen) atoms. The van der Waals surface area contributed by atoms with Gasteiger partial charge in [-0.15, -0.1) is 11.8 Å². The maximum atomic E-state index is 12.4. The average molecular weight is 415 g/mol. The van der Waals surface area contributed by atoms with Gasteiger partial charge >= 0.3 is 0 Å². The van der Waals surface area contributed by atoms with E-state index < -0.39 is 0 Å². The normalized spacial score (nSPS) is 18.8. The molecular weight excluding hydrogens is 388 g/mol. The highest BCUT2D eigenvalue weighted by atomic mass is 32.2. The first kappa shape index (κ1) is 21.2. The Labute approximate surface area is 174 Å². The van der Waals surface area contributed by atoms with Gasteiger partial charge in [-0.2, -0.15) is 0 Å². The van der Waals surface area contributed by atoms with Gasteiger partial charge in [0.2, 0.25) is 11.8 Å². The molecule has 4 N–H and O–H groups in total. The maximum absolute atomic E-state index is 12.4. The molecule has 1 saturated heterocycles. The summed E-state index contributed by atoms with van der Waals surface area (Å²) >= 11 is 1.32. The van der Waals surface area contributed by atoms with Crippen molar-refractivity contribution in [2.75, 3.05) is 18.2 Å². The highest BCUT2D eigenvalue weighted by Crippen LogP contribution is 2.18. The van der Waals surface area contributed by atoms with E-state index >= 15 is 0 Å². The molecule has 2 unspecified atom stereocenters. The standard InChI is InChI=1S/C21H26N4O3S/c1-13-4-5-14(2)17(10-13)22-19(26)12-29-21-23-20(27)18(24-25-21)11-15-6-8-16(28-3)9-7-15/h4-10,18,21,24-25H,11-12H2,1-3H3,(H,22,26)(H,23,27). The molecule has 0 spiro atoms. The summed E-state index contributed by atoms with van der Waals surface area (Å²) < 4.78 is 5.15. The zero-order valence-electron chi connectivity index (χ0n) is 16.7. The third-order valence-electron chi connectivity index (χ3n) is 4.63. The summed E-state index contributed by atoms with van der Waals surface area (Å²) in [5.41, 5.74) is 9.67. The van der Waals surface area contributed by atoms with Crippen molar-refractivity contribution >= 4 is 29.3 Å². The summed E-state index contributed by atoms with van der Waals surface area (Å²) in [5, 5.41) is 5.82. The fourth-order valence-electron chi connectivity index (χ4n) is 2.95. The van der Waals surface area contributed by atoms with Crippen molar-refractivity contribution in [1.29, 1.82) is 0 Å². The largest absolute Gasteiger partial charge is 0.497 e. The number of benzene rings is 2. The van der Waals surface area contributed by atoms with Crippen LogP contribution >= 0.6 is 11.8 Å². The van der Waals surface area contributed by atoms with E-state index in [1.165, 1.54) is 11.8 Å². The number of nitrogens with one attached hydrogen (secondary N) is 4. The minimum atomic E-state index is -0.385. The van der Waals surface area contributed by atoms with Gasteiger partial charge in [-0.05, 0) is 55.2 Å². The minimum Gasteiger partial charge on any atom is -0.497 e. The summed E-state index contributed by atoms with van der Waals surface area (Å²) in [5.74, 6) is 0.784. The summed E-state index contributed by atoms with van der Waals surface area (Å²) in [4.78, 5) is 24.7. The van der Waals surface area contributed by atoms with Crippen molar-refractivity contribution in [3.63, 3.8) is 0 Å². The lowest BCUT2D eigenvalue weighted by molar-refractivity contribution is -0.125. The van der Waals surface area contributed by atoms with Crippen LogP contribution in [0.5, 0.6) is 5.75 Å². The van der Waals surface area contributed by atoms with Crippen molar-refractivity contribution in [2.24, 2.45) is 0 Å². The zero-order valence-corrected chi connectivity index (χ0v) is 17.6. The van der Waals surface area contributed by atoms with Gasteiger partial charge in [-0.1, -0.05) is 24.3 Å². The summed E-state index contributed by atoms with van der Waals surface area (Å²) in [6.07, 6.45) is 0.549. The van der Waals surface area contributed by atoms with Crippen LogP contribution < -0.4 is 26.2 Å². The van der Waals surface area contributed by atoms with Crippen molar-refractivity contribution in [3.05, 3.63) is 59.2 Å². The summed E-state index contributed by atoms with van der Waals surface area (Å²) in [6.45, 7) is 3.94. The molecule has 1 fully saturated rings. The Hall–Kier alpha value is -2.55. The molecule has 1 aliphatic rings. The zero-order chi connectivity index (χ0) is 20.8. The van der Waals surface area contributed by atoms with E-state index in [1.807, 2.05) is 56.3 Å². The number of carbonyl (C=O) groups is 2. The van der Waals surface area contributed by atoms with E-state index in [2.05, 4.69) is 21.5 Å². The van der Waals surface area contributed by atoms with Gasteiger partial charge in [0, 0.05) is 5.69 Å². The molecule has 0 radical (unpaired) electrons. The van der Waals surface area contributed by atoms with E-state index in [0.717, 1.165) is 28.1 Å². The monoisotopic (exact) mass is 414 g/mol. The molecule has 1 aliphatic heterocycles. The van der Waals surface area contributed by atoms with Gasteiger partial charge in [0.25, 0.3) is 0 Å². The van der Waals surface area contributed by atoms with Crippen LogP contribution in [0.1, 0.15) is 16.7 Å². The molecule has 0 saturated carbocycles. The molecule has 2 aromatic carbocycles. The molecule has 2 aromatic rings. The van der Waals surface area contributed by atoms with Gasteiger partial charge < -0.3 is 15.4 Å². The smallest absolute Gasteiger partial charge is 0.240 e. The van der Waals surface area contributed by atoms with Crippen LogP contribution in [0.2, 0.25) is 0 Å². The number of ether oxygens (including phenoxy) is 1. The Morgan fingerprint density at radius 3 is 2.59 bits per heavy atom. The van der Waals surface area contributed by atoms with Crippen LogP contribution in [0, 0.1) is 13.8 Å². The lowest BCUT2D eigenvalue weighted by Gasteiger charge is -2.31. The average Bonchev–Trinajstić information content (AvgIpc) is 2.71. The third-order valence-corrected chi connectivity index (χ3v) is 5.62. The quantitative estimate of drug-likeness (QED) is 0.555. The molecule has 3 rings (SSSR count). The first-order valence-electron chi connectivity index (χ1n) is 9.37. The molecule has 1 heterocycles. The van der Waals surface area contributed by atoms with E-state index in [0.29, 0.717) is 6.42 Å². The van der Waals surface area contributed by atoms with Gasteiger partial charge in [0.05, 0.1) is 12.9 Å². The number of methoxy groups -OCH3 is 1. The Morgan fingerprint density at radius 1 is 1.14 bits per heavy atom. The van der Waals surface area contributed by atoms with Crippen molar-refractivity contribution in [3.8, 4) is 5.75 Å². The van der Waals surface area contributed by atoms with Crippen LogP contribution in [0.4, 0.5) is 5.69 Å². The molecule has 0 aliphatic carbocycles. The van der Waals surface area contributed by atoms with Gasteiger partial charge in [0.1, 0.15) is 17.3 Å². The molecule has 0 bridgehead atoms. The minimum absolute atomic E-state index is 0.105. The molecule has 2 amide bonds. The van der Waals surface area contributed by atoms with Gasteiger partial charge in [0.15, 0.2) is 0 Å². The maximum Gasteiger partial charge on any atom is 0.240 e. The number of rotatable bonds is 7. The van der Waals surface area contributed by atoms with Crippen LogP contribution in [0.25, 0.3) is 0 Å². The lowest BCUT2D eigenvalue weighted by Crippen LogP contribution is -2.64.